The highest BCUT2D eigenvalue weighted by atomic mass is 32.1. The number of nitrogens with two attached hydrogens (primary N) is 1. The van der Waals surface area contributed by atoms with Crippen molar-refractivity contribution < 1.29 is 0 Å². The first-order valence-corrected chi connectivity index (χ1v) is 6.76. The maximum absolute atomic E-state index is 5.60. The fraction of sp³-hybridized carbons (Fsp3) is 0.500. The van der Waals surface area contributed by atoms with Gasteiger partial charge in [0.25, 0.3) is 0 Å². The second-order valence-corrected chi connectivity index (χ2v) is 5.65. The molecular weight excluding hydrogens is 242 g/mol. The van der Waals surface area contributed by atoms with E-state index < -0.39 is 0 Å². The van der Waals surface area contributed by atoms with E-state index >= 15 is 0 Å². The van der Waals surface area contributed by atoms with Gasteiger partial charge in [-0.05, 0) is 50.2 Å². The van der Waals surface area contributed by atoms with Crippen molar-refractivity contribution in [3.05, 3.63) is 29.8 Å². The Morgan fingerprint density at radius 2 is 2.11 bits per heavy atom. The lowest BCUT2D eigenvalue weighted by molar-refractivity contribution is 0.396. The molecule has 1 aliphatic rings. The molecule has 1 aromatic rings. The van der Waals surface area contributed by atoms with Gasteiger partial charge in [-0.2, -0.15) is 0 Å². The summed E-state index contributed by atoms with van der Waals surface area (Å²) >= 11 is 4.96. The Balaban J connectivity index is 1.96. The predicted octanol–water partition coefficient (Wildman–Crippen LogP) is 1.71. The zero-order chi connectivity index (χ0) is 13.1. The smallest absolute Gasteiger partial charge is 0.103 e. The van der Waals surface area contributed by atoms with Crippen LogP contribution < -0.4 is 10.6 Å². The van der Waals surface area contributed by atoms with Gasteiger partial charge in [0, 0.05) is 31.4 Å². The van der Waals surface area contributed by atoms with E-state index in [1.165, 1.54) is 25.2 Å². The van der Waals surface area contributed by atoms with Crippen molar-refractivity contribution in [3.8, 4) is 0 Å². The molecule has 2 N–H and O–H groups in total. The predicted molar refractivity (Wildman–Crippen MR) is 81.2 cm³/mol. The monoisotopic (exact) mass is 263 g/mol. The van der Waals surface area contributed by atoms with Crippen molar-refractivity contribution >= 4 is 22.9 Å². The van der Waals surface area contributed by atoms with Crippen molar-refractivity contribution in [2.45, 2.75) is 6.42 Å². The average Bonchev–Trinajstić information content (AvgIpc) is 2.75. The van der Waals surface area contributed by atoms with E-state index in [-0.39, 0.29) is 0 Å². The minimum Gasteiger partial charge on any atom is -0.389 e. The van der Waals surface area contributed by atoms with E-state index in [0.717, 1.165) is 18.0 Å². The summed E-state index contributed by atoms with van der Waals surface area (Å²) in [5, 5.41) is 0. The van der Waals surface area contributed by atoms with Crippen molar-refractivity contribution in [3.63, 3.8) is 0 Å². The first-order valence-electron chi connectivity index (χ1n) is 6.36. The Bertz CT molecular complexity index is 416. The van der Waals surface area contributed by atoms with Crippen LogP contribution in [0.2, 0.25) is 0 Å². The van der Waals surface area contributed by atoms with Crippen LogP contribution in [0.1, 0.15) is 12.0 Å². The molecule has 0 saturated carbocycles. The molecule has 0 aromatic heterocycles. The van der Waals surface area contributed by atoms with E-state index in [4.69, 9.17) is 18.0 Å². The van der Waals surface area contributed by atoms with Gasteiger partial charge < -0.3 is 15.5 Å². The van der Waals surface area contributed by atoms with Crippen LogP contribution in [0.4, 0.5) is 5.69 Å². The molecule has 1 aliphatic heterocycles. The molecule has 0 aliphatic carbocycles. The SMILES string of the molecule is CN1CCC(CN(C)c2ccc(C(N)=S)cc2)C1. The van der Waals surface area contributed by atoms with Crippen LogP contribution in [-0.2, 0) is 0 Å². The van der Waals surface area contributed by atoms with Crippen molar-refractivity contribution in [1.29, 1.82) is 0 Å². The minimum atomic E-state index is 0.460. The number of anilines is 1. The number of hydrogen-bond acceptors (Lipinski definition) is 3. The summed E-state index contributed by atoms with van der Waals surface area (Å²) in [7, 11) is 4.34. The second kappa shape index (κ2) is 5.67. The Hall–Kier alpha value is -1.13. The third-order valence-corrected chi connectivity index (χ3v) is 3.85. The van der Waals surface area contributed by atoms with Crippen LogP contribution in [0.5, 0.6) is 0 Å². The van der Waals surface area contributed by atoms with Crippen LogP contribution in [0.3, 0.4) is 0 Å². The molecular formula is C14H21N3S. The van der Waals surface area contributed by atoms with Crippen molar-refractivity contribution in [2.75, 3.05) is 38.6 Å². The number of hydrogen-bond donors (Lipinski definition) is 1. The van der Waals surface area contributed by atoms with Crippen LogP contribution in [0.25, 0.3) is 0 Å². The maximum Gasteiger partial charge on any atom is 0.103 e. The molecule has 0 spiro atoms. The van der Waals surface area contributed by atoms with Gasteiger partial charge in [0.1, 0.15) is 4.99 Å². The number of benzene rings is 1. The lowest BCUT2D eigenvalue weighted by atomic mass is 10.1. The highest BCUT2D eigenvalue weighted by molar-refractivity contribution is 7.80. The third kappa shape index (κ3) is 3.21. The molecule has 4 heteroatoms. The fourth-order valence-electron chi connectivity index (χ4n) is 2.55. The highest BCUT2D eigenvalue weighted by Crippen LogP contribution is 2.20. The Labute approximate surface area is 115 Å². The number of likely N-dealkylation sites (tertiary alicyclic amines) is 1. The number of nitrogens with zero attached hydrogens (tertiary/aromatic N) is 2. The molecule has 1 fully saturated rings. The molecule has 1 unspecified atom stereocenters. The summed E-state index contributed by atoms with van der Waals surface area (Å²) in [5.41, 5.74) is 7.76. The molecule has 1 atom stereocenters. The number of rotatable bonds is 4. The lowest BCUT2D eigenvalue weighted by Crippen LogP contribution is -2.27. The summed E-state index contributed by atoms with van der Waals surface area (Å²) in [6.07, 6.45) is 1.30. The van der Waals surface area contributed by atoms with Crippen LogP contribution in [0.15, 0.2) is 24.3 Å². The van der Waals surface area contributed by atoms with Crippen LogP contribution >= 0.6 is 12.2 Å². The molecule has 0 amide bonds. The summed E-state index contributed by atoms with van der Waals surface area (Å²) < 4.78 is 0. The Morgan fingerprint density at radius 1 is 1.44 bits per heavy atom. The summed E-state index contributed by atoms with van der Waals surface area (Å²) in [4.78, 5) is 5.17. The van der Waals surface area contributed by atoms with E-state index in [1.54, 1.807) is 0 Å². The zero-order valence-corrected chi connectivity index (χ0v) is 11.9. The van der Waals surface area contributed by atoms with Crippen LogP contribution in [0, 0.1) is 5.92 Å². The molecule has 98 valence electrons. The van der Waals surface area contributed by atoms with Gasteiger partial charge in [0.05, 0.1) is 0 Å². The fourth-order valence-corrected chi connectivity index (χ4v) is 2.68. The second-order valence-electron chi connectivity index (χ2n) is 5.21. The number of thiocarbonyl (C=S) groups is 1. The van der Waals surface area contributed by atoms with E-state index in [2.05, 4.69) is 36.0 Å². The first-order chi connectivity index (χ1) is 8.56. The van der Waals surface area contributed by atoms with Gasteiger partial charge in [-0.25, -0.2) is 0 Å². The highest BCUT2D eigenvalue weighted by Gasteiger charge is 2.20. The first kappa shape index (κ1) is 13.3. The van der Waals surface area contributed by atoms with E-state index in [0.29, 0.717) is 4.99 Å². The molecule has 3 nitrogen and oxygen atoms in total. The normalized spacial score (nSPS) is 20.0. The molecule has 1 heterocycles. The topological polar surface area (TPSA) is 32.5 Å². The van der Waals surface area contributed by atoms with E-state index in [1.807, 2.05) is 12.1 Å². The van der Waals surface area contributed by atoms with Gasteiger partial charge >= 0.3 is 0 Å². The summed E-state index contributed by atoms with van der Waals surface area (Å²) in [6.45, 7) is 3.53. The van der Waals surface area contributed by atoms with Gasteiger partial charge in [-0.1, -0.05) is 12.2 Å². The Morgan fingerprint density at radius 3 is 2.61 bits per heavy atom. The molecule has 2 rings (SSSR count). The Kier molecular flexibility index (Phi) is 4.19. The maximum atomic E-state index is 5.60. The quantitative estimate of drug-likeness (QED) is 0.838. The van der Waals surface area contributed by atoms with Crippen LogP contribution in [-0.4, -0.2) is 43.6 Å². The zero-order valence-electron chi connectivity index (χ0n) is 11.1. The summed E-state index contributed by atoms with van der Waals surface area (Å²) in [5.74, 6) is 0.773. The van der Waals surface area contributed by atoms with Gasteiger partial charge in [0.2, 0.25) is 0 Å². The molecule has 1 saturated heterocycles. The lowest BCUT2D eigenvalue weighted by Gasteiger charge is -2.23. The third-order valence-electron chi connectivity index (χ3n) is 3.61. The minimum absolute atomic E-state index is 0.460. The standard InChI is InChI=1S/C14H21N3S/c1-16-8-7-11(9-16)10-17(2)13-5-3-12(4-6-13)14(15)18/h3-6,11H,7-10H2,1-2H3,(H2,15,18). The molecule has 0 bridgehead atoms. The van der Waals surface area contributed by atoms with Gasteiger partial charge in [-0.3, -0.25) is 0 Å². The summed E-state index contributed by atoms with van der Waals surface area (Å²) in [6, 6.07) is 8.17. The van der Waals surface area contributed by atoms with Gasteiger partial charge in [0.15, 0.2) is 0 Å². The average molecular weight is 263 g/mol. The largest absolute Gasteiger partial charge is 0.389 e. The molecule has 1 aromatic carbocycles. The van der Waals surface area contributed by atoms with E-state index in [9.17, 15) is 0 Å². The van der Waals surface area contributed by atoms with Gasteiger partial charge in [-0.15, -0.1) is 0 Å². The van der Waals surface area contributed by atoms with Crippen molar-refractivity contribution in [1.82, 2.24) is 4.90 Å². The van der Waals surface area contributed by atoms with Crippen molar-refractivity contribution in [2.24, 2.45) is 11.7 Å². The molecule has 18 heavy (non-hydrogen) atoms. The molecule has 0 radical (unpaired) electrons.